The molecule has 182 valence electrons. The minimum atomic E-state index is -0.523. The monoisotopic (exact) mass is 472 g/mol. The molecule has 4 nitrogen and oxygen atoms in total. The Hall–Kier alpha value is -2.04. The van der Waals surface area contributed by atoms with Gasteiger partial charge >= 0.3 is 6.09 Å². The Kier molecular flexibility index (Phi) is 9.81. The van der Waals surface area contributed by atoms with Gasteiger partial charge in [-0.15, -0.1) is 0 Å². The number of amides is 1. The van der Waals surface area contributed by atoms with Gasteiger partial charge in [-0.1, -0.05) is 48.5 Å². The van der Waals surface area contributed by atoms with Gasteiger partial charge in [0, 0.05) is 5.56 Å². The number of halogens is 1. The smallest absolute Gasteiger partial charge is 0.415 e. The number of likely N-dealkylation sites (tertiary alicyclic amines) is 1. The van der Waals surface area contributed by atoms with Crippen LogP contribution in [-0.4, -0.2) is 42.4 Å². The largest absolute Gasteiger partial charge is 1.00 e. The highest BCUT2D eigenvalue weighted by atomic mass is 35.5. The standard InChI is InChI=1S/C28H41N2O2.ClH/c1-23-14-13-15-24(2)26(23)29(27(31)32-28(3,4)5)18-21-30(19-11-6-7-12-20-30)22-25-16-9-8-10-17-25;/h8-10,13-17H,6-7,11-12,18-22H2,1-5H3;1H/q+1;/p-1. The number of aryl methyl sites for hydroxylation is 2. The molecule has 0 aliphatic carbocycles. The van der Waals surface area contributed by atoms with E-state index in [1.54, 1.807) is 0 Å². The van der Waals surface area contributed by atoms with Crippen LogP contribution in [-0.2, 0) is 11.3 Å². The fraction of sp³-hybridized carbons (Fsp3) is 0.536. The van der Waals surface area contributed by atoms with Gasteiger partial charge in [-0.2, -0.15) is 0 Å². The number of hydrogen-bond donors (Lipinski definition) is 0. The van der Waals surface area contributed by atoms with Gasteiger partial charge in [-0.05, 0) is 71.4 Å². The Morgan fingerprint density at radius 3 is 2.03 bits per heavy atom. The second-order valence-electron chi connectivity index (χ2n) is 10.4. The van der Waals surface area contributed by atoms with Crippen molar-refractivity contribution in [2.75, 3.05) is 31.1 Å². The first-order chi connectivity index (χ1) is 15.2. The lowest BCUT2D eigenvalue weighted by Gasteiger charge is -2.40. The lowest BCUT2D eigenvalue weighted by Crippen LogP contribution is -3.00. The molecule has 0 unspecified atom stereocenters. The molecule has 2 aromatic carbocycles. The molecule has 1 fully saturated rings. The zero-order chi connectivity index (χ0) is 23.2. The molecule has 0 spiro atoms. The van der Waals surface area contributed by atoms with Crippen molar-refractivity contribution >= 4 is 11.8 Å². The summed E-state index contributed by atoms with van der Waals surface area (Å²) in [5.74, 6) is 0. The number of anilines is 1. The van der Waals surface area contributed by atoms with Crippen LogP contribution < -0.4 is 17.3 Å². The minimum absolute atomic E-state index is 0. The first kappa shape index (κ1) is 27.2. The number of carbonyl (C=O) groups excluding carboxylic acids is 1. The van der Waals surface area contributed by atoms with E-state index in [1.807, 2.05) is 25.7 Å². The minimum Gasteiger partial charge on any atom is -1.00 e. The molecule has 0 saturated carbocycles. The fourth-order valence-electron chi connectivity index (χ4n) is 4.95. The van der Waals surface area contributed by atoms with Crippen LogP contribution in [0.5, 0.6) is 0 Å². The van der Waals surface area contributed by atoms with E-state index in [4.69, 9.17) is 4.74 Å². The van der Waals surface area contributed by atoms with Gasteiger partial charge < -0.3 is 21.6 Å². The third-order valence-electron chi connectivity index (χ3n) is 6.50. The predicted molar refractivity (Wildman–Crippen MR) is 133 cm³/mol. The number of para-hydroxylation sites is 1. The Bertz CT molecular complexity index is 864. The van der Waals surface area contributed by atoms with Crippen molar-refractivity contribution in [1.29, 1.82) is 0 Å². The van der Waals surface area contributed by atoms with Gasteiger partial charge in [0.15, 0.2) is 0 Å². The van der Waals surface area contributed by atoms with Crippen molar-refractivity contribution in [2.45, 2.75) is 72.4 Å². The van der Waals surface area contributed by atoms with E-state index < -0.39 is 5.60 Å². The van der Waals surface area contributed by atoms with E-state index in [9.17, 15) is 4.79 Å². The molecule has 1 saturated heterocycles. The summed E-state index contributed by atoms with van der Waals surface area (Å²) in [6.07, 6.45) is 4.87. The Morgan fingerprint density at radius 1 is 0.909 bits per heavy atom. The van der Waals surface area contributed by atoms with Crippen molar-refractivity contribution in [1.82, 2.24) is 0 Å². The van der Waals surface area contributed by atoms with Crippen LogP contribution in [0, 0.1) is 13.8 Å². The van der Waals surface area contributed by atoms with Crippen LogP contribution in [0.3, 0.4) is 0 Å². The van der Waals surface area contributed by atoms with Gasteiger partial charge in [-0.25, -0.2) is 4.79 Å². The van der Waals surface area contributed by atoms with Gasteiger partial charge in [0.1, 0.15) is 12.1 Å². The molecule has 1 heterocycles. The summed E-state index contributed by atoms with van der Waals surface area (Å²) in [5.41, 5.74) is 4.08. The van der Waals surface area contributed by atoms with E-state index in [0.29, 0.717) is 6.54 Å². The van der Waals surface area contributed by atoms with E-state index in [2.05, 4.69) is 62.4 Å². The maximum atomic E-state index is 13.4. The summed E-state index contributed by atoms with van der Waals surface area (Å²) in [6, 6.07) is 17.0. The van der Waals surface area contributed by atoms with E-state index in [0.717, 1.165) is 34.4 Å². The van der Waals surface area contributed by atoms with Crippen molar-refractivity contribution in [3.05, 3.63) is 65.2 Å². The first-order valence-corrected chi connectivity index (χ1v) is 12.1. The molecule has 0 radical (unpaired) electrons. The van der Waals surface area contributed by atoms with E-state index in [-0.39, 0.29) is 18.5 Å². The topological polar surface area (TPSA) is 29.5 Å². The lowest BCUT2D eigenvalue weighted by molar-refractivity contribution is -0.938. The van der Waals surface area contributed by atoms with Crippen molar-refractivity contribution in [3.63, 3.8) is 0 Å². The molecule has 1 aliphatic rings. The molecule has 5 heteroatoms. The van der Waals surface area contributed by atoms with Gasteiger partial charge in [0.05, 0.1) is 31.9 Å². The zero-order valence-corrected chi connectivity index (χ0v) is 21.8. The third-order valence-corrected chi connectivity index (χ3v) is 6.50. The maximum absolute atomic E-state index is 13.4. The van der Waals surface area contributed by atoms with E-state index in [1.165, 1.54) is 44.3 Å². The summed E-state index contributed by atoms with van der Waals surface area (Å²) in [5, 5.41) is 0. The van der Waals surface area contributed by atoms with E-state index >= 15 is 0 Å². The Labute approximate surface area is 206 Å². The highest BCUT2D eigenvalue weighted by Gasteiger charge is 2.33. The zero-order valence-electron chi connectivity index (χ0n) is 21.1. The van der Waals surface area contributed by atoms with Crippen LogP contribution in [0.1, 0.15) is 63.1 Å². The number of hydrogen-bond acceptors (Lipinski definition) is 2. The van der Waals surface area contributed by atoms with Gasteiger partial charge in [0.2, 0.25) is 0 Å². The summed E-state index contributed by atoms with van der Waals surface area (Å²) >= 11 is 0. The fourth-order valence-corrected chi connectivity index (χ4v) is 4.95. The number of nitrogens with zero attached hydrogens (tertiary/aromatic N) is 2. The van der Waals surface area contributed by atoms with Gasteiger partial charge in [0.25, 0.3) is 0 Å². The molecule has 1 aliphatic heterocycles. The Morgan fingerprint density at radius 2 is 1.48 bits per heavy atom. The second-order valence-corrected chi connectivity index (χ2v) is 10.4. The summed E-state index contributed by atoms with van der Waals surface area (Å²) < 4.78 is 6.90. The second kappa shape index (κ2) is 11.9. The summed E-state index contributed by atoms with van der Waals surface area (Å²) in [7, 11) is 0. The van der Waals surface area contributed by atoms with Crippen molar-refractivity contribution in [2.24, 2.45) is 0 Å². The van der Waals surface area contributed by atoms with Crippen molar-refractivity contribution < 1.29 is 26.4 Å². The normalized spacial score (nSPS) is 15.8. The van der Waals surface area contributed by atoms with Crippen LogP contribution in [0.15, 0.2) is 48.5 Å². The highest BCUT2D eigenvalue weighted by molar-refractivity contribution is 5.90. The van der Waals surface area contributed by atoms with Crippen LogP contribution in [0.2, 0.25) is 0 Å². The summed E-state index contributed by atoms with van der Waals surface area (Å²) in [6.45, 7) is 14.9. The SMILES string of the molecule is Cc1cccc(C)c1N(CC[N+]1(Cc2ccccc2)CCCCCC1)C(=O)OC(C)(C)C.[Cl-]. The Balaban J connectivity index is 0.00000385. The molecule has 33 heavy (non-hydrogen) atoms. The molecule has 0 bridgehead atoms. The average molecular weight is 473 g/mol. The van der Waals surface area contributed by atoms with Crippen molar-refractivity contribution in [3.8, 4) is 0 Å². The predicted octanol–water partition coefficient (Wildman–Crippen LogP) is 3.64. The number of carbonyl (C=O) groups is 1. The maximum Gasteiger partial charge on any atom is 0.415 e. The average Bonchev–Trinajstić information content (AvgIpc) is 2.95. The molecule has 0 N–H and O–H groups in total. The molecule has 3 rings (SSSR count). The highest BCUT2D eigenvalue weighted by Crippen LogP contribution is 2.28. The van der Waals surface area contributed by atoms with Crippen LogP contribution in [0.4, 0.5) is 10.5 Å². The molecular formula is C28H41ClN2O2. The summed E-state index contributed by atoms with van der Waals surface area (Å²) in [4.78, 5) is 15.3. The number of rotatable bonds is 6. The molecule has 0 aromatic heterocycles. The molecule has 2 aromatic rings. The first-order valence-electron chi connectivity index (χ1n) is 12.1. The molecule has 0 atom stereocenters. The quantitative estimate of drug-likeness (QED) is 0.601. The van der Waals surface area contributed by atoms with Crippen LogP contribution in [0.25, 0.3) is 0 Å². The molecular weight excluding hydrogens is 432 g/mol. The lowest BCUT2D eigenvalue weighted by atomic mass is 10.1. The number of quaternary nitrogens is 1. The third kappa shape index (κ3) is 7.75. The number of ether oxygens (including phenoxy) is 1. The molecule has 1 amide bonds. The van der Waals surface area contributed by atoms with Crippen LogP contribution >= 0.6 is 0 Å². The number of benzene rings is 2. The van der Waals surface area contributed by atoms with Gasteiger partial charge in [-0.3, -0.25) is 4.90 Å².